The lowest BCUT2D eigenvalue weighted by Crippen LogP contribution is -2.23. The molecule has 0 radical (unpaired) electrons. The van der Waals surface area contributed by atoms with Crippen molar-refractivity contribution in [2.75, 3.05) is 26.6 Å². The molecule has 0 bridgehead atoms. The number of anilines is 1. The van der Waals surface area contributed by atoms with E-state index in [0.29, 0.717) is 11.3 Å². The molecule has 2 aromatic rings. The molecule has 1 atom stereocenters. The molecule has 1 unspecified atom stereocenters. The lowest BCUT2D eigenvalue weighted by molar-refractivity contribution is -0.126. The predicted octanol–water partition coefficient (Wildman–Crippen LogP) is 3.17. The van der Waals surface area contributed by atoms with Gasteiger partial charge in [-0.15, -0.1) is 0 Å². The molecule has 1 amide bonds. The minimum Gasteiger partial charge on any atom is -0.493 e. The van der Waals surface area contributed by atoms with E-state index in [2.05, 4.69) is 5.32 Å². The number of halogens is 1. The van der Waals surface area contributed by atoms with Crippen LogP contribution < -0.4 is 14.8 Å². The van der Waals surface area contributed by atoms with Crippen molar-refractivity contribution < 1.29 is 23.4 Å². The van der Waals surface area contributed by atoms with Crippen molar-refractivity contribution in [2.24, 2.45) is 0 Å². The number of nitrogens with one attached hydrogen (secondary N) is 1. The third-order valence-electron chi connectivity index (χ3n) is 3.31. The van der Waals surface area contributed by atoms with Gasteiger partial charge in [-0.25, -0.2) is 4.39 Å². The quantitative estimate of drug-likeness (QED) is 0.888. The number of rotatable bonds is 6. The Hall–Kier alpha value is -2.60. The van der Waals surface area contributed by atoms with Crippen LogP contribution in [0.2, 0.25) is 0 Å². The minimum atomic E-state index is -0.844. The number of hydrogen-bond acceptors (Lipinski definition) is 4. The highest BCUT2D eigenvalue weighted by atomic mass is 19.1. The molecular formula is C17H18FNO4. The molecule has 2 rings (SSSR count). The standard InChI is InChI=1S/C17H18FNO4/c1-21-14-9-12(18)13(10-15(14)22-2)19-17(20)16(23-3)11-7-5-4-6-8-11/h4-10,16H,1-3H3,(H,19,20). The maximum absolute atomic E-state index is 14.1. The Morgan fingerprint density at radius 1 is 1.04 bits per heavy atom. The van der Waals surface area contributed by atoms with Gasteiger partial charge in [0.1, 0.15) is 0 Å². The Morgan fingerprint density at radius 2 is 1.65 bits per heavy atom. The summed E-state index contributed by atoms with van der Waals surface area (Å²) in [5.41, 5.74) is 0.666. The summed E-state index contributed by atoms with van der Waals surface area (Å²) in [4.78, 5) is 12.4. The molecule has 0 saturated carbocycles. The topological polar surface area (TPSA) is 56.8 Å². The van der Waals surface area contributed by atoms with Gasteiger partial charge in [-0.3, -0.25) is 4.79 Å². The first kappa shape index (κ1) is 16.8. The van der Waals surface area contributed by atoms with Crippen LogP contribution in [0.1, 0.15) is 11.7 Å². The van der Waals surface area contributed by atoms with Crippen molar-refractivity contribution in [3.8, 4) is 11.5 Å². The maximum atomic E-state index is 14.1. The summed E-state index contributed by atoms with van der Waals surface area (Å²) in [5, 5.41) is 2.51. The van der Waals surface area contributed by atoms with Gasteiger partial charge in [-0.1, -0.05) is 30.3 Å². The molecule has 0 aliphatic rings. The summed E-state index contributed by atoms with van der Waals surface area (Å²) in [6, 6.07) is 11.5. The second-order valence-electron chi connectivity index (χ2n) is 4.70. The Balaban J connectivity index is 2.25. The number of amides is 1. The molecule has 0 saturated heterocycles. The van der Waals surface area contributed by atoms with Crippen LogP contribution >= 0.6 is 0 Å². The number of carbonyl (C=O) groups is 1. The molecule has 0 aliphatic carbocycles. The van der Waals surface area contributed by atoms with Crippen LogP contribution in [-0.4, -0.2) is 27.2 Å². The first-order valence-electron chi connectivity index (χ1n) is 6.90. The van der Waals surface area contributed by atoms with Gasteiger partial charge in [-0.2, -0.15) is 0 Å². The zero-order valence-electron chi connectivity index (χ0n) is 13.1. The smallest absolute Gasteiger partial charge is 0.258 e. The zero-order valence-corrected chi connectivity index (χ0v) is 13.1. The summed E-state index contributed by atoms with van der Waals surface area (Å²) in [7, 11) is 4.26. The van der Waals surface area contributed by atoms with Crippen molar-refractivity contribution in [1.29, 1.82) is 0 Å². The van der Waals surface area contributed by atoms with Crippen molar-refractivity contribution in [2.45, 2.75) is 6.10 Å². The largest absolute Gasteiger partial charge is 0.493 e. The fourth-order valence-electron chi connectivity index (χ4n) is 2.17. The fourth-order valence-corrected chi connectivity index (χ4v) is 2.17. The van der Waals surface area contributed by atoms with Crippen LogP contribution in [0.4, 0.5) is 10.1 Å². The number of carbonyl (C=O) groups excluding carboxylic acids is 1. The summed E-state index contributed by atoms with van der Waals surface area (Å²) in [6.07, 6.45) is -0.844. The van der Waals surface area contributed by atoms with E-state index in [4.69, 9.17) is 14.2 Å². The van der Waals surface area contributed by atoms with Gasteiger partial charge in [0.15, 0.2) is 23.4 Å². The SMILES string of the molecule is COc1cc(F)c(NC(=O)C(OC)c2ccccc2)cc1OC. The third-order valence-corrected chi connectivity index (χ3v) is 3.31. The van der Waals surface area contributed by atoms with E-state index in [9.17, 15) is 9.18 Å². The van der Waals surface area contributed by atoms with Crippen LogP contribution in [0, 0.1) is 5.82 Å². The van der Waals surface area contributed by atoms with Gasteiger partial charge < -0.3 is 19.5 Å². The highest BCUT2D eigenvalue weighted by molar-refractivity contribution is 5.95. The van der Waals surface area contributed by atoms with Gasteiger partial charge in [0.25, 0.3) is 5.91 Å². The second-order valence-corrected chi connectivity index (χ2v) is 4.70. The number of ether oxygens (including phenoxy) is 3. The van der Waals surface area contributed by atoms with Crippen LogP contribution in [0.15, 0.2) is 42.5 Å². The first-order chi connectivity index (χ1) is 11.1. The van der Waals surface area contributed by atoms with Gasteiger partial charge in [-0.05, 0) is 5.56 Å². The summed E-state index contributed by atoms with van der Waals surface area (Å²) >= 11 is 0. The molecule has 0 aliphatic heterocycles. The van der Waals surface area contributed by atoms with E-state index in [-0.39, 0.29) is 11.4 Å². The predicted molar refractivity (Wildman–Crippen MR) is 84.3 cm³/mol. The molecule has 0 heterocycles. The van der Waals surface area contributed by atoms with Crippen LogP contribution in [-0.2, 0) is 9.53 Å². The van der Waals surface area contributed by atoms with Crippen LogP contribution in [0.5, 0.6) is 11.5 Å². The Kier molecular flexibility index (Phi) is 5.54. The Labute approximate surface area is 134 Å². The zero-order chi connectivity index (χ0) is 16.8. The first-order valence-corrected chi connectivity index (χ1v) is 6.90. The molecule has 2 aromatic carbocycles. The normalized spacial score (nSPS) is 11.7. The van der Waals surface area contributed by atoms with E-state index in [1.165, 1.54) is 27.4 Å². The number of methoxy groups -OCH3 is 3. The van der Waals surface area contributed by atoms with E-state index >= 15 is 0 Å². The van der Waals surface area contributed by atoms with E-state index in [0.717, 1.165) is 6.07 Å². The van der Waals surface area contributed by atoms with Crippen LogP contribution in [0.25, 0.3) is 0 Å². The Morgan fingerprint density at radius 3 is 2.22 bits per heavy atom. The second kappa shape index (κ2) is 7.60. The van der Waals surface area contributed by atoms with Crippen LogP contribution in [0.3, 0.4) is 0 Å². The maximum Gasteiger partial charge on any atom is 0.258 e. The number of benzene rings is 2. The van der Waals surface area contributed by atoms with E-state index in [1.54, 1.807) is 24.3 Å². The van der Waals surface area contributed by atoms with Crippen molar-refractivity contribution in [3.63, 3.8) is 0 Å². The molecule has 122 valence electrons. The lowest BCUT2D eigenvalue weighted by atomic mass is 10.1. The van der Waals surface area contributed by atoms with Gasteiger partial charge in [0, 0.05) is 19.2 Å². The molecule has 0 spiro atoms. The molecular weight excluding hydrogens is 301 g/mol. The monoisotopic (exact) mass is 319 g/mol. The summed E-state index contributed by atoms with van der Waals surface area (Å²) in [6.45, 7) is 0. The molecule has 6 heteroatoms. The molecule has 23 heavy (non-hydrogen) atoms. The number of hydrogen-bond donors (Lipinski definition) is 1. The summed E-state index contributed by atoms with van der Waals surface area (Å²) in [5.74, 6) is -0.545. The van der Waals surface area contributed by atoms with Gasteiger partial charge in [0.2, 0.25) is 0 Å². The molecule has 1 N–H and O–H groups in total. The summed E-state index contributed by atoms with van der Waals surface area (Å²) < 4.78 is 29.4. The minimum absolute atomic E-state index is 0.00867. The third kappa shape index (κ3) is 3.78. The van der Waals surface area contributed by atoms with Crippen molar-refractivity contribution >= 4 is 11.6 Å². The Bertz CT molecular complexity index is 676. The highest BCUT2D eigenvalue weighted by Gasteiger charge is 2.22. The highest BCUT2D eigenvalue weighted by Crippen LogP contribution is 2.33. The molecule has 5 nitrogen and oxygen atoms in total. The molecule has 0 fully saturated rings. The average Bonchev–Trinajstić information content (AvgIpc) is 2.58. The fraction of sp³-hybridized carbons (Fsp3) is 0.235. The lowest BCUT2D eigenvalue weighted by Gasteiger charge is -2.17. The van der Waals surface area contributed by atoms with Crippen molar-refractivity contribution in [1.82, 2.24) is 0 Å². The van der Waals surface area contributed by atoms with Gasteiger partial charge >= 0.3 is 0 Å². The van der Waals surface area contributed by atoms with Gasteiger partial charge in [0.05, 0.1) is 19.9 Å². The van der Waals surface area contributed by atoms with E-state index < -0.39 is 17.8 Å². The average molecular weight is 319 g/mol. The van der Waals surface area contributed by atoms with E-state index in [1.807, 2.05) is 6.07 Å². The van der Waals surface area contributed by atoms with Crippen molar-refractivity contribution in [3.05, 3.63) is 53.8 Å². The molecule has 0 aromatic heterocycles.